The van der Waals surface area contributed by atoms with E-state index in [1.807, 2.05) is 12.3 Å². The first-order chi connectivity index (χ1) is 7.86. The van der Waals surface area contributed by atoms with Crippen molar-refractivity contribution in [2.75, 3.05) is 0 Å². The van der Waals surface area contributed by atoms with E-state index in [1.54, 1.807) is 0 Å². The lowest BCUT2D eigenvalue weighted by Gasteiger charge is -2.08. The number of rotatable bonds is 2. The van der Waals surface area contributed by atoms with Gasteiger partial charge in [-0.25, -0.2) is 0 Å². The van der Waals surface area contributed by atoms with Gasteiger partial charge in [0.25, 0.3) is 0 Å². The van der Waals surface area contributed by atoms with Gasteiger partial charge in [-0.15, -0.1) is 0 Å². The molecule has 16 heavy (non-hydrogen) atoms. The number of nitrogens with one attached hydrogen (secondary N) is 2. The van der Waals surface area contributed by atoms with Gasteiger partial charge in [0.2, 0.25) is 0 Å². The molecular formula is C14H14N2. The second-order valence-electron chi connectivity index (χ2n) is 4.14. The Morgan fingerprint density at radius 2 is 1.88 bits per heavy atom. The first-order valence-electron chi connectivity index (χ1n) is 5.55. The lowest BCUT2D eigenvalue weighted by molar-refractivity contribution is 0.892. The van der Waals surface area contributed by atoms with Crippen LogP contribution in [0.2, 0.25) is 0 Å². The first-order valence-corrected chi connectivity index (χ1v) is 5.55. The Hall–Kier alpha value is -1.96. The van der Waals surface area contributed by atoms with Crippen LogP contribution >= 0.6 is 0 Å². The van der Waals surface area contributed by atoms with Crippen LogP contribution in [-0.2, 0) is 0 Å². The molecule has 2 N–H and O–H groups in total. The van der Waals surface area contributed by atoms with E-state index in [-0.39, 0.29) is 0 Å². The minimum atomic E-state index is 0.395. The van der Waals surface area contributed by atoms with Crippen molar-refractivity contribution in [2.45, 2.75) is 12.8 Å². The highest BCUT2D eigenvalue weighted by molar-refractivity contribution is 5.83. The molecule has 2 heteroatoms. The van der Waals surface area contributed by atoms with E-state index in [0.717, 1.165) is 0 Å². The molecular weight excluding hydrogens is 196 g/mol. The summed E-state index contributed by atoms with van der Waals surface area (Å²) in [6.45, 7) is 2.22. The molecule has 3 rings (SSSR count). The van der Waals surface area contributed by atoms with Crippen molar-refractivity contribution in [1.29, 1.82) is 0 Å². The Labute approximate surface area is 94.3 Å². The molecule has 1 unspecified atom stereocenters. The lowest BCUT2D eigenvalue weighted by atomic mass is 9.97. The van der Waals surface area contributed by atoms with Gasteiger partial charge in [-0.05, 0) is 23.8 Å². The third kappa shape index (κ3) is 1.34. The number of benzene rings is 1. The highest BCUT2D eigenvalue weighted by Crippen LogP contribution is 2.29. The van der Waals surface area contributed by atoms with Crippen LogP contribution in [0, 0.1) is 0 Å². The van der Waals surface area contributed by atoms with E-state index >= 15 is 0 Å². The van der Waals surface area contributed by atoms with Gasteiger partial charge in [0.15, 0.2) is 0 Å². The fourth-order valence-electron chi connectivity index (χ4n) is 2.23. The van der Waals surface area contributed by atoms with Crippen molar-refractivity contribution in [2.24, 2.45) is 0 Å². The predicted octanol–water partition coefficient (Wildman–Crippen LogP) is 3.65. The topological polar surface area (TPSA) is 31.6 Å². The minimum Gasteiger partial charge on any atom is -0.364 e. The Balaban J connectivity index is 2.12. The molecule has 0 bridgehead atoms. The van der Waals surface area contributed by atoms with Crippen LogP contribution in [0.1, 0.15) is 24.1 Å². The van der Waals surface area contributed by atoms with Gasteiger partial charge in [0, 0.05) is 34.9 Å². The van der Waals surface area contributed by atoms with E-state index in [2.05, 4.69) is 53.4 Å². The van der Waals surface area contributed by atoms with Crippen molar-refractivity contribution in [1.82, 2.24) is 9.97 Å². The zero-order chi connectivity index (χ0) is 11.0. The molecule has 1 atom stereocenters. The summed E-state index contributed by atoms with van der Waals surface area (Å²) in [6.07, 6.45) is 4.08. The number of fused-ring (bicyclic) bond motifs is 1. The summed E-state index contributed by atoms with van der Waals surface area (Å²) in [4.78, 5) is 6.59. The molecule has 0 fully saturated rings. The Kier molecular flexibility index (Phi) is 2.07. The Bertz CT molecular complexity index is 590. The normalized spacial score (nSPS) is 13.1. The Morgan fingerprint density at radius 1 is 1.00 bits per heavy atom. The van der Waals surface area contributed by atoms with Crippen LogP contribution in [0.3, 0.4) is 0 Å². The van der Waals surface area contributed by atoms with Gasteiger partial charge >= 0.3 is 0 Å². The molecule has 2 nitrogen and oxygen atoms in total. The second-order valence-corrected chi connectivity index (χ2v) is 4.14. The van der Waals surface area contributed by atoms with Crippen molar-refractivity contribution in [3.8, 4) is 0 Å². The minimum absolute atomic E-state index is 0.395. The highest BCUT2D eigenvalue weighted by Gasteiger charge is 2.13. The molecule has 0 aliphatic rings. The van der Waals surface area contributed by atoms with Crippen LogP contribution in [0.4, 0.5) is 0 Å². The summed E-state index contributed by atoms with van der Waals surface area (Å²) < 4.78 is 0. The zero-order valence-electron chi connectivity index (χ0n) is 9.20. The smallest absolute Gasteiger partial charge is 0.0457 e. The second kappa shape index (κ2) is 3.56. The summed E-state index contributed by atoms with van der Waals surface area (Å²) in [6, 6.07) is 12.6. The van der Waals surface area contributed by atoms with E-state index in [1.165, 1.54) is 22.2 Å². The Morgan fingerprint density at radius 3 is 2.69 bits per heavy atom. The highest BCUT2D eigenvalue weighted by atomic mass is 14.7. The molecule has 0 saturated heterocycles. The average Bonchev–Trinajstić information content (AvgIpc) is 2.98. The number of aromatic amines is 2. The zero-order valence-corrected chi connectivity index (χ0v) is 9.20. The first kappa shape index (κ1) is 9.28. The van der Waals surface area contributed by atoms with E-state index in [9.17, 15) is 0 Å². The van der Waals surface area contributed by atoms with Gasteiger partial charge < -0.3 is 9.97 Å². The molecule has 0 radical (unpaired) electrons. The number of para-hydroxylation sites is 1. The lowest BCUT2D eigenvalue weighted by Crippen LogP contribution is -1.94. The van der Waals surface area contributed by atoms with Crippen LogP contribution < -0.4 is 0 Å². The molecule has 80 valence electrons. The summed E-state index contributed by atoms with van der Waals surface area (Å²) in [5.41, 5.74) is 3.80. The standard InChI is InChI=1S/C14H14N2/c1-10(13-7-4-8-15-13)12-9-16-14-6-3-2-5-11(12)14/h2-10,15-16H,1H3. The van der Waals surface area contributed by atoms with E-state index in [4.69, 9.17) is 0 Å². The van der Waals surface area contributed by atoms with Gasteiger partial charge in [-0.1, -0.05) is 25.1 Å². The summed E-state index contributed by atoms with van der Waals surface area (Å²) in [5.74, 6) is 0.395. The largest absolute Gasteiger partial charge is 0.364 e. The fourth-order valence-corrected chi connectivity index (χ4v) is 2.23. The molecule has 3 aromatic rings. The maximum atomic E-state index is 3.32. The van der Waals surface area contributed by atoms with E-state index in [0.29, 0.717) is 5.92 Å². The van der Waals surface area contributed by atoms with Crippen molar-refractivity contribution < 1.29 is 0 Å². The van der Waals surface area contributed by atoms with E-state index < -0.39 is 0 Å². The third-order valence-corrected chi connectivity index (χ3v) is 3.18. The number of H-pyrrole nitrogens is 2. The number of hydrogen-bond acceptors (Lipinski definition) is 0. The van der Waals surface area contributed by atoms with Crippen LogP contribution in [0.5, 0.6) is 0 Å². The van der Waals surface area contributed by atoms with Gasteiger partial charge in [0.1, 0.15) is 0 Å². The molecule has 0 spiro atoms. The summed E-state index contributed by atoms with van der Waals surface area (Å²) in [5, 5.41) is 1.31. The van der Waals surface area contributed by atoms with Crippen LogP contribution in [0.15, 0.2) is 48.8 Å². The molecule has 0 aliphatic heterocycles. The van der Waals surface area contributed by atoms with Crippen molar-refractivity contribution >= 4 is 10.9 Å². The van der Waals surface area contributed by atoms with Gasteiger partial charge in [-0.3, -0.25) is 0 Å². The van der Waals surface area contributed by atoms with Gasteiger partial charge in [-0.2, -0.15) is 0 Å². The maximum Gasteiger partial charge on any atom is 0.0457 e. The van der Waals surface area contributed by atoms with Crippen LogP contribution in [0.25, 0.3) is 10.9 Å². The maximum absolute atomic E-state index is 3.32. The fraction of sp³-hybridized carbons (Fsp3) is 0.143. The average molecular weight is 210 g/mol. The molecule has 0 aliphatic carbocycles. The quantitative estimate of drug-likeness (QED) is 0.647. The molecule has 0 saturated carbocycles. The molecule has 1 aromatic carbocycles. The number of aromatic nitrogens is 2. The summed E-state index contributed by atoms with van der Waals surface area (Å²) in [7, 11) is 0. The predicted molar refractivity (Wildman–Crippen MR) is 66.6 cm³/mol. The van der Waals surface area contributed by atoms with Crippen molar-refractivity contribution in [3.63, 3.8) is 0 Å². The molecule has 0 amide bonds. The van der Waals surface area contributed by atoms with Crippen LogP contribution in [-0.4, -0.2) is 9.97 Å². The molecule has 2 aromatic heterocycles. The monoisotopic (exact) mass is 210 g/mol. The van der Waals surface area contributed by atoms with Crippen molar-refractivity contribution in [3.05, 3.63) is 60.0 Å². The SMILES string of the molecule is CC(c1ccc[nH]1)c1c[nH]c2ccccc12. The van der Waals surface area contributed by atoms with Gasteiger partial charge in [0.05, 0.1) is 0 Å². The summed E-state index contributed by atoms with van der Waals surface area (Å²) >= 11 is 0. The third-order valence-electron chi connectivity index (χ3n) is 3.18. The number of hydrogen-bond donors (Lipinski definition) is 2. The molecule has 2 heterocycles.